The Kier molecular flexibility index (Phi) is 2.89. The summed E-state index contributed by atoms with van der Waals surface area (Å²) >= 11 is 0. The molecule has 0 saturated carbocycles. The molecule has 0 spiro atoms. The molecule has 2 aromatic rings. The summed E-state index contributed by atoms with van der Waals surface area (Å²) in [6, 6.07) is 3.30. The Morgan fingerprint density at radius 3 is 2.47 bits per heavy atom. The molecule has 0 saturated heterocycles. The van der Waals surface area contributed by atoms with Gasteiger partial charge in [-0.05, 0) is 12.1 Å². The van der Waals surface area contributed by atoms with Crippen molar-refractivity contribution < 1.29 is 22.6 Å². The van der Waals surface area contributed by atoms with Crippen molar-refractivity contribution in [1.29, 1.82) is 0 Å². The molecular weight excluding hydrogens is 267 g/mol. The molecule has 6 nitrogen and oxygen atoms in total. The number of nitro benzene ring substituents is 1. The molecule has 1 aromatic carbocycles. The zero-order valence-corrected chi connectivity index (χ0v) is 9.14. The highest BCUT2D eigenvalue weighted by Crippen LogP contribution is 2.37. The molecule has 0 amide bonds. The number of alkyl halides is 3. The van der Waals surface area contributed by atoms with Gasteiger partial charge in [0.25, 0.3) is 5.69 Å². The van der Waals surface area contributed by atoms with Crippen molar-refractivity contribution in [1.82, 2.24) is 5.16 Å². The molecule has 0 bridgehead atoms. The summed E-state index contributed by atoms with van der Waals surface area (Å²) in [5.74, 6) is -0.0953. The van der Waals surface area contributed by atoms with E-state index in [0.29, 0.717) is 6.07 Å². The number of hydrogen-bond donors (Lipinski definition) is 1. The molecule has 19 heavy (non-hydrogen) atoms. The van der Waals surface area contributed by atoms with Crippen LogP contribution in [0.1, 0.15) is 5.56 Å². The zero-order chi connectivity index (χ0) is 14.2. The van der Waals surface area contributed by atoms with Gasteiger partial charge in [-0.3, -0.25) is 10.1 Å². The summed E-state index contributed by atoms with van der Waals surface area (Å²) in [6.07, 6.45) is -4.66. The number of nitro groups is 1. The number of halogens is 3. The second kappa shape index (κ2) is 4.26. The van der Waals surface area contributed by atoms with Gasteiger partial charge in [0.2, 0.25) is 0 Å². The maximum Gasteiger partial charge on any atom is 0.416 e. The summed E-state index contributed by atoms with van der Waals surface area (Å²) in [4.78, 5) is 9.90. The fourth-order valence-corrected chi connectivity index (χ4v) is 1.48. The predicted octanol–water partition coefficient (Wildman–Crippen LogP) is 2.85. The van der Waals surface area contributed by atoms with Crippen LogP contribution >= 0.6 is 0 Å². The van der Waals surface area contributed by atoms with Crippen LogP contribution in [0, 0.1) is 10.1 Å². The first kappa shape index (κ1) is 12.9. The number of nitrogens with zero attached hydrogens (tertiary/aromatic N) is 2. The van der Waals surface area contributed by atoms with E-state index in [0.717, 1.165) is 12.1 Å². The van der Waals surface area contributed by atoms with E-state index in [4.69, 9.17) is 10.3 Å². The minimum atomic E-state index is -4.66. The van der Waals surface area contributed by atoms with Crippen molar-refractivity contribution in [3.8, 4) is 11.3 Å². The molecule has 0 radical (unpaired) electrons. The maximum atomic E-state index is 12.5. The lowest BCUT2D eigenvalue weighted by molar-refractivity contribution is -0.384. The van der Waals surface area contributed by atoms with Crippen LogP contribution in [0.15, 0.2) is 28.8 Å². The van der Waals surface area contributed by atoms with E-state index < -0.39 is 22.4 Å². The van der Waals surface area contributed by atoms with Gasteiger partial charge in [0.05, 0.1) is 16.1 Å². The standard InChI is InChI=1S/C10H6F3N3O3/c11-10(12,13)5-1-2-6(7(3-5)16(17)18)8-4-9(14)15-19-8/h1-4H,(H2,14,15). The summed E-state index contributed by atoms with van der Waals surface area (Å²) in [7, 11) is 0. The van der Waals surface area contributed by atoms with Crippen LogP contribution in [-0.2, 0) is 6.18 Å². The smallest absolute Gasteiger partial charge is 0.381 e. The van der Waals surface area contributed by atoms with Crippen LogP contribution in [0.3, 0.4) is 0 Å². The second-order valence-electron chi connectivity index (χ2n) is 3.60. The van der Waals surface area contributed by atoms with Crippen LogP contribution in [0.2, 0.25) is 0 Å². The topological polar surface area (TPSA) is 95.2 Å². The van der Waals surface area contributed by atoms with Crippen LogP contribution in [0.5, 0.6) is 0 Å². The highest BCUT2D eigenvalue weighted by molar-refractivity contribution is 5.71. The quantitative estimate of drug-likeness (QED) is 0.670. The Bertz CT molecular complexity index is 636. The fraction of sp³-hybridized carbons (Fsp3) is 0.100. The third-order valence-corrected chi connectivity index (χ3v) is 2.32. The SMILES string of the molecule is Nc1cc(-c2ccc(C(F)(F)F)cc2[N+](=O)[O-])on1. The van der Waals surface area contributed by atoms with E-state index in [2.05, 4.69) is 5.16 Å². The average Bonchev–Trinajstić information content (AvgIpc) is 2.73. The van der Waals surface area contributed by atoms with Crippen LogP contribution in [0.4, 0.5) is 24.7 Å². The number of anilines is 1. The van der Waals surface area contributed by atoms with Crippen LogP contribution in [0.25, 0.3) is 11.3 Å². The zero-order valence-electron chi connectivity index (χ0n) is 9.14. The lowest BCUT2D eigenvalue weighted by Crippen LogP contribution is -2.06. The molecule has 2 N–H and O–H groups in total. The first-order valence-electron chi connectivity index (χ1n) is 4.87. The van der Waals surface area contributed by atoms with Crippen molar-refractivity contribution in [2.45, 2.75) is 6.18 Å². The lowest BCUT2D eigenvalue weighted by atomic mass is 10.1. The van der Waals surface area contributed by atoms with Gasteiger partial charge in [0.15, 0.2) is 11.6 Å². The summed E-state index contributed by atoms with van der Waals surface area (Å²) < 4.78 is 42.2. The number of nitrogens with two attached hydrogens (primary N) is 1. The second-order valence-corrected chi connectivity index (χ2v) is 3.60. The fourth-order valence-electron chi connectivity index (χ4n) is 1.48. The molecule has 0 aliphatic rings. The van der Waals surface area contributed by atoms with E-state index in [9.17, 15) is 23.3 Å². The van der Waals surface area contributed by atoms with Gasteiger partial charge in [0, 0.05) is 12.1 Å². The largest absolute Gasteiger partial charge is 0.416 e. The van der Waals surface area contributed by atoms with E-state index >= 15 is 0 Å². The van der Waals surface area contributed by atoms with Crippen molar-refractivity contribution >= 4 is 11.5 Å². The first-order chi connectivity index (χ1) is 8.79. The molecule has 1 aromatic heterocycles. The molecule has 100 valence electrons. The summed E-state index contributed by atoms with van der Waals surface area (Å²) in [5.41, 5.74) is 3.32. The van der Waals surface area contributed by atoms with E-state index in [1.807, 2.05) is 0 Å². The monoisotopic (exact) mass is 273 g/mol. The Balaban J connectivity index is 2.60. The summed E-state index contributed by atoms with van der Waals surface area (Å²) in [5, 5.41) is 14.1. The molecular formula is C10H6F3N3O3. The molecule has 0 atom stereocenters. The van der Waals surface area contributed by atoms with Gasteiger partial charge >= 0.3 is 6.18 Å². The number of nitrogen functional groups attached to an aromatic ring is 1. The highest BCUT2D eigenvalue weighted by Gasteiger charge is 2.33. The minimum Gasteiger partial charge on any atom is -0.381 e. The first-order valence-corrected chi connectivity index (χ1v) is 4.87. The van der Waals surface area contributed by atoms with Crippen molar-refractivity contribution in [3.05, 3.63) is 39.9 Å². The molecule has 0 unspecified atom stereocenters. The van der Waals surface area contributed by atoms with Crippen LogP contribution in [-0.4, -0.2) is 10.1 Å². The molecule has 2 rings (SSSR count). The number of aromatic nitrogens is 1. The van der Waals surface area contributed by atoms with Crippen molar-refractivity contribution in [2.75, 3.05) is 5.73 Å². The Hall–Kier alpha value is -2.58. The van der Waals surface area contributed by atoms with Crippen LogP contribution < -0.4 is 5.73 Å². The third kappa shape index (κ3) is 2.49. The Morgan fingerprint density at radius 1 is 1.32 bits per heavy atom. The number of hydrogen-bond acceptors (Lipinski definition) is 5. The van der Waals surface area contributed by atoms with Crippen molar-refractivity contribution in [2.24, 2.45) is 0 Å². The lowest BCUT2D eigenvalue weighted by Gasteiger charge is -2.07. The van der Waals surface area contributed by atoms with E-state index in [1.54, 1.807) is 0 Å². The number of benzene rings is 1. The molecule has 0 fully saturated rings. The van der Waals surface area contributed by atoms with E-state index in [1.165, 1.54) is 6.07 Å². The molecule has 0 aliphatic carbocycles. The number of rotatable bonds is 2. The molecule has 9 heteroatoms. The average molecular weight is 273 g/mol. The minimum absolute atomic E-state index is 0.0239. The Morgan fingerprint density at radius 2 is 2.00 bits per heavy atom. The molecule has 0 aliphatic heterocycles. The van der Waals surface area contributed by atoms with Gasteiger partial charge in [-0.2, -0.15) is 13.2 Å². The molecule has 1 heterocycles. The van der Waals surface area contributed by atoms with Gasteiger partial charge in [-0.1, -0.05) is 5.16 Å². The van der Waals surface area contributed by atoms with Gasteiger partial charge < -0.3 is 10.3 Å². The van der Waals surface area contributed by atoms with Gasteiger partial charge in [0.1, 0.15) is 0 Å². The predicted molar refractivity (Wildman–Crippen MR) is 58.0 cm³/mol. The van der Waals surface area contributed by atoms with Gasteiger partial charge in [-0.15, -0.1) is 0 Å². The maximum absolute atomic E-state index is 12.5. The normalized spacial score (nSPS) is 11.5. The highest BCUT2D eigenvalue weighted by atomic mass is 19.4. The third-order valence-electron chi connectivity index (χ3n) is 2.32. The van der Waals surface area contributed by atoms with Gasteiger partial charge in [-0.25, -0.2) is 0 Å². The Labute approximate surface area is 103 Å². The van der Waals surface area contributed by atoms with E-state index in [-0.39, 0.29) is 17.1 Å². The van der Waals surface area contributed by atoms with Crippen molar-refractivity contribution in [3.63, 3.8) is 0 Å². The summed E-state index contributed by atoms with van der Waals surface area (Å²) in [6.45, 7) is 0.